The second kappa shape index (κ2) is 6.61. The lowest BCUT2D eigenvalue weighted by Gasteiger charge is -2.18. The van der Waals surface area contributed by atoms with E-state index in [9.17, 15) is 0 Å². The second-order valence-electron chi connectivity index (χ2n) is 4.48. The first kappa shape index (κ1) is 13.1. The van der Waals surface area contributed by atoms with Gasteiger partial charge < -0.3 is 10.4 Å². The van der Waals surface area contributed by atoms with Crippen LogP contribution in [0.4, 0.5) is 0 Å². The molecule has 3 nitrogen and oxygen atoms in total. The van der Waals surface area contributed by atoms with Crippen molar-refractivity contribution < 1.29 is 5.11 Å². The van der Waals surface area contributed by atoms with E-state index in [1.165, 1.54) is 11.1 Å². The molecule has 0 saturated carbocycles. The lowest BCUT2D eigenvalue weighted by Crippen LogP contribution is -2.25. The first-order valence-corrected chi connectivity index (χ1v) is 5.90. The number of nitrogens with one attached hydrogen (secondary N) is 1. The summed E-state index contributed by atoms with van der Waals surface area (Å²) in [5.41, 5.74) is 2.52. The highest BCUT2D eigenvalue weighted by Gasteiger charge is 2.09. The topological polar surface area (TPSA) is 45.2 Å². The zero-order valence-electron chi connectivity index (χ0n) is 10.4. The van der Waals surface area contributed by atoms with Gasteiger partial charge in [-0.05, 0) is 49.9 Å². The number of pyridine rings is 1. The van der Waals surface area contributed by atoms with Crippen LogP contribution in [0.25, 0.3) is 0 Å². The van der Waals surface area contributed by atoms with Gasteiger partial charge in [0.2, 0.25) is 0 Å². The fourth-order valence-corrected chi connectivity index (χ4v) is 1.74. The van der Waals surface area contributed by atoms with E-state index in [2.05, 4.69) is 31.1 Å². The van der Waals surface area contributed by atoms with Crippen LogP contribution in [0.5, 0.6) is 0 Å². The fourth-order valence-electron chi connectivity index (χ4n) is 1.74. The molecule has 1 rings (SSSR count). The van der Waals surface area contributed by atoms with Crippen molar-refractivity contribution in [3.05, 3.63) is 29.6 Å². The number of hydrogen-bond acceptors (Lipinski definition) is 3. The van der Waals surface area contributed by atoms with Crippen molar-refractivity contribution in [1.29, 1.82) is 0 Å². The van der Waals surface area contributed by atoms with Crippen molar-refractivity contribution in [2.75, 3.05) is 13.2 Å². The molecule has 16 heavy (non-hydrogen) atoms. The summed E-state index contributed by atoms with van der Waals surface area (Å²) in [4.78, 5) is 4.15. The summed E-state index contributed by atoms with van der Waals surface area (Å²) in [5.74, 6) is 0.504. The summed E-state index contributed by atoms with van der Waals surface area (Å²) in [7, 11) is 0. The van der Waals surface area contributed by atoms with Crippen LogP contribution in [-0.4, -0.2) is 23.2 Å². The number of rotatable bonds is 6. The molecule has 1 aromatic heterocycles. The Hall–Kier alpha value is -0.930. The highest BCUT2D eigenvalue weighted by atomic mass is 16.3. The number of aliphatic hydroxyl groups is 1. The van der Waals surface area contributed by atoms with Gasteiger partial charge in [-0.25, -0.2) is 0 Å². The molecule has 0 spiro atoms. The van der Waals surface area contributed by atoms with Crippen molar-refractivity contribution >= 4 is 0 Å². The molecular weight excluding hydrogens is 200 g/mol. The van der Waals surface area contributed by atoms with Crippen LogP contribution in [0.2, 0.25) is 0 Å². The van der Waals surface area contributed by atoms with E-state index >= 15 is 0 Å². The summed E-state index contributed by atoms with van der Waals surface area (Å²) < 4.78 is 0. The van der Waals surface area contributed by atoms with Gasteiger partial charge in [0, 0.05) is 25.0 Å². The molecule has 0 aliphatic heterocycles. The lowest BCUT2D eigenvalue weighted by molar-refractivity contribution is 0.258. The molecule has 3 heteroatoms. The smallest absolute Gasteiger partial charge is 0.0434 e. The zero-order chi connectivity index (χ0) is 12.0. The highest BCUT2D eigenvalue weighted by molar-refractivity contribution is 5.24. The predicted molar refractivity (Wildman–Crippen MR) is 66.3 cm³/mol. The van der Waals surface area contributed by atoms with E-state index in [0.717, 1.165) is 13.0 Å². The van der Waals surface area contributed by atoms with Gasteiger partial charge in [0.25, 0.3) is 0 Å². The Balaban J connectivity index is 2.46. The van der Waals surface area contributed by atoms with E-state index in [-0.39, 0.29) is 6.61 Å². The highest BCUT2D eigenvalue weighted by Crippen LogP contribution is 2.15. The molecule has 0 aromatic carbocycles. The third kappa shape index (κ3) is 3.91. The van der Waals surface area contributed by atoms with Gasteiger partial charge in [-0.3, -0.25) is 4.98 Å². The maximum absolute atomic E-state index is 8.83. The van der Waals surface area contributed by atoms with E-state index in [1.54, 1.807) is 0 Å². The Kier molecular flexibility index (Phi) is 5.43. The molecule has 2 unspecified atom stereocenters. The Morgan fingerprint density at radius 3 is 2.81 bits per heavy atom. The molecule has 2 atom stereocenters. The minimum Gasteiger partial charge on any atom is -0.396 e. The molecule has 0 aliphatic rings. The van der Waals surface area contributed by atoms with E-state index in [1.807, 2.05) is 18.5 Å². The minimum absolute atomic E-state index is 0.267. The largest absolute Gasteiger partial charge is 0.396 e. The van der Waals surface area contributed by atoms with E-state index < -0.39 is 0 Å². The van der Waals surface area contributed by atoms with Crippen molar-refractivity contribution in [3.63, 3.8) is 0 Å². The SMILES string of the molecule is Cc1ccncc1C(C)NCC(C)CCO. The summed E-state index contributed by atoms with van der Waals surface area (Å²) in [6.45, 7) is 7.59. The van der Waals surface area contributed by atoms with E-state index in [0.29, 0.717) is 12.0 Å². The first-order chi connectivity index (χ1) is 7.65. The molecule has 1 aromatic rings. The van der Waals surface area contributed by atoms with Crippen molar-refractivity contribution in [2.24, 2.45) is 5.92 Å². The molecule has 0 saturated heterocycles. The van der Waals surface area contributed by atoms with Crippen LogP contribution >= 0.6 is 0 Å². The molecule has 0 aliphatic carbocycles. The molecule has 1 heterocycles. The third-order valence-electron chi connectivity index (χ3n) is 2.94. The molecule has 0 amide bonds. The predicted octanol–water partition coefficient (Wildman–Crippen LogP) is 2.06. The van der Waals surface area contributed by atoms with Crippen LogP contribution in [0.15, 0.2) is 18.5 Å². The van der Waals surface area contributed by atoms with Crippen LogP contribution in [0, 0.1) is 12.8 Å². The molecule has 0 fully saturated rings. The summed E-state index contributed by atoms with van der Waals surface area (Å²) >= 11 is 0. The summed E-state index contributed by atoms with van der Waals surface area (Å²) in [5, 5.41) is 12.3. The molecule has 2 N–H and O–H groups in total. The zero-order valence-corrected chi connectivity index (χ0v) is 10.4. The maximum atomic E-state index is 8.83. The van der Waals surface area contributed by atoms with E-state index in [4.69, 9.17) is 5.11 Å². The van der Waals surface area contributed by atoms with Crippen LogP contribution in [0.1, 0.15) is 37.4 Å². The Morgan fingerprint density at radius 2 is 2.19 bits per heavy atom. The number of aromatic nitrogens is 1. The quantitative estimate of drug-likeness (QED) is 0.774. The molecule has 0 radical (unpaired) electrons. The second-order valence-corrected chi connectivity index (χ2v) is 4.48. The van der Waals surface area contributed by atoms with Gasteiger partial charge in [-0.15, -0.1) is 0 Å². The average Bonchev–Trinajstić information content (AvgIpc) is 2.27. The Morgan fingerprint density at radius 1 is 1.44 bits per heavy atom. The van der Waals surface area contributed by atoms with Gasteiger partial charge >= 0.3 is 0 Å². The number of aliphatic hydroxyl groups excluding tert-OH is 1. The van der Waals surface area contributed by atoms with Gasteiger partial charge in [0.05, 0.1) is 0 Å². The minimum atomic E-state index is 0.267. The van der Waals surface area contributed by atoms with Crippen molar-refractivity contribution in [2.45, 2.75) is 33.2 Å². The normalized spacial score (nSPS) is 14.8. The number of aryl methyl sites for hydroxylation is 1. The molecule has 0 bridgehead atoms. The monoisotopic (exact) mass is 222 g/mol. The maximum Gasteiger partial charge on any atom is 0.0434 e. The van der Waals surface area contributed by atoms with Crippen LogP contribution < -0.4 is 5.32 Å². The number of hydrogen-bond donors (Lipinski definition) is 2. The van der Waals surface area contributed by atoms with Gasteiger partial charge in [-0.1, -0.05) is 6.92 Å². The Bertz CT molecular complexity index is 315. The average molecular weight is 222 g/mol. The molecular formula is C13H22N2O. The molecule has 90 valence electrons. The first-order valence-electron chi connectivity index (χ1n) is 5.90. The Labute approximate surface area is 97.9 Å². The standard InChI is InChI=1S/C13H22N2O/c1-10(5-7-16)8-15-12(3)13-9-14-6-4-11(13)2/h4,6,9-10,12,15-16H,5,7-8H2,1-3H3. The van der Waals surface area contributed by atoms with Crippen molar-refractivity contribution in [1.82, 2.24) is 10.3 Å². The van der Waals surface area contributed by atoms with Gasteiger partial charge in [0.15, 0.2) is 0 Å². The summed E-state index contributed by atoms with van der Waals surface area (Å²) in [6.07, 6.45) is 4.59. The fraction of sp³-hybridized carbons (Fsp3) is 0.615. The van der Waals surface area contributed by atoms with Crippen LogP contribution in [0.3, 0.4) is 0 Å². The van der Waals surface area contributed by atoms with Crippen molar-refractivity contribution in [3.8, 4) is 0 Å². The van der Waals surface area contributed by atoms with Gasteiger partial charge in [-0.2, -0.15) is 0 Å². The van der Waals surface area contributed by atoms with Gasteiger partial charge in [0.1, 0.15) is 0 Å². The number of nitrogens with zero attached hydrogens (tertiary/aromatic N) is 1. The third-order valence-corrected chi connectivity index (χ3v) is 2.94. The summed E-state index contributed by atoms with van der Waals surface area (Å²) in [6, 6.07) is 2.35. The lowest BCUT2D eigenvalue weighted by atomic mass is 10.0. The van der Waals surface area contributed by atoms with Crippen LogP contribution in [-0.2, 0) is 0 Å².